The molecule has 0 atom stereocenters. The van der Waals surface area contributed by atoms with Gasteiger partial charge in [-0.15, -0.1) is 0 Å². The van der Waals surface area contributed by atoms with E-state index in [1.807, 2.05) is 6.92 Å². The Kier molecular flexibility index (Phi) is 5.07. The molecular weight excluding hydrogens is 350 g/mol. The number of nitro groups is 1. The maximum atomic E-state index is 12.1. The van der Waals surface area contributed by atoms with E-state index in [1.165, 1.54) is 34.7 Å². The number of benzene rings is 1. The fourth-order valence-corrected chi connectivity index (χ4v) is 2.43. The fourth-order valence-electron chi connectivity index (χ4n) is 2.43. The highest BCUT2D eigenvalue weighted by atomic mass is 16.6. The highest BCUT2D eigenvalue weighted by Crippen LogP contribution is 2.14. The summed E-state index contributed by atoms with van der Waals surface area (Å²) in [4.78, 5) is 38.5. The first-order valence-corrected chi connectivity index (χ1v) is 8.00. The lowest BCUT2D eigenvalue weighted by molar-refractivity contribution is -0.384. The largest absolute Gasteiger partial charge is 0.456 e. The molecule has 2 heterocycles. The first-order chi connectivity index (χ1) is 12.9. The molecule has 3 aromatic rings. The second kappa shape index (κ2) is 7.61. The third-order valence-corrected chi connectivity index (χ3v) is 3.73. The molecule has 0 aliphatic carbocycles. The van der Waals surface area contributed by atoms with Gasteiger partial charge in [0.15, 0.2) is 0 Å². The predicted molar refractivity (Wildman–Crippen MR) is 98.1 cm³/mol. The van der Waals surface area contributed by atoms with Crippen molar-refractivity contribution in [2.75, 3.05) is 0 Å². The molecule has 0 aliphatic rings. The number of esters is 1. The van der Waals surface area contributed by atoms with Crippen molar-refractivity contribution < 1.29 is 14.5 Å². The summed E-state index contributed by atoms with van der Waals surface area (Å²) in [5.74, 6) is -0.646. The van der Waals surface area contributed by atoms with E-state index in [0.717, 1.165) is 11.6 Å². The van der Waals surface area contributed by atoms with Gasteiger partial charge in [0.1, 0.15) is 12.3 Å². The Morgan fingerprint density at radius 1 is 1.30 bits per heavy atom. The van der Waals surface area contributed by atoms with Crippen LogP contribution in [0.2, 0.25) is 0 Å². The number of fused-ring (bicyclic) bond motifs is 1. The number of aromatic nitrogens is 2. The Morgan fingerprint density at radius 3 is 2.89 bits per heavy atom. The monoisotopic (exact) mass is 365 g/mol. The van der Waals surface area contributed by atoms with Gasteiger partial charge in [-0.25, -0.2) is 9.78 Å². The van der Waals surface area contributed by atoms with Gasteiger partial charge in [0.2, 0.25) is 0 Å². The fraction of sp³-hybridized carbons (Fsp3) is 0.105. The molecule has 2 aromatic heterocycles. The molecule has 0 bridgehead atoms. The number of hydrogen-bond acceptors (Lipinski definition) is 6. The Bertz CT molecular complexity index is 1120. The van der Waals surface area contributed by atoms with Crippen molar-refractivity contribution in [3.8, 4) is 0 Å². The Morgan fingerprint density at radius 2 is 2.11 bits per heavy atom. The molecule has 27 heavy (non-hydrogen) atoms. The van der Waals surface area contributed by atoms with Crippen molar-refractivity contribution in [1.82, 2.24) is 9.38 Å². The summed E-state index contributed by atoms with van der Waals surface area (Å²) in [7, 11) is 0. The molecule has 8 heteroatoms. The molecule has 0 fully saturated rings. The third kappa shape index (κ3) is 4.43. The van der Waals surface area contributed by atoms with Crippen molar-refractivity contribution in [2.45, 2.75) is 13.5 Å². The molecule has 8 nitrogen and oxygen atoms in total. The molecule has 0 radical (unpaired) electrons. The molecule has 1 aromatic carbocycles. The molecule has 0 amide bonds. The highest BCUT2D eigenvalue weighted by Gasteiger charge is 2.06. The van der Waals surface area contributed by atoms with Gasteiger partial charge < -0.3 is 4.74 Å². The van der Waals surface area contributed by atoms with Gasteiger partial charge in [-0.05, 0) is 36.3 Å². The zero-order valence-corrected chi connectivity index (χ0v) is 14.4. The van der Waals surface area contributed by atoms with Crippen LogP contribution in [0.5, 0.6) is 0 Å². The molecule has 0 aliphatic heterocycles. The van der Waals surface area contributed by atoms with Crippen LogP contribution < -0.4 is 5.56 Å². The Hall–Kier alpha value is -3.81. The lowest BCUT2D eigenvalue weighted by Crippen LogP contribution is -2.16. The van der Waals surface area contributed by atoms with E-state index >= 15 is 0 Å². The van der Waals surface area contributed by atoms with Crippen LogP contribution in [-0.2, 0) is 16.1 Å². The summed E-state index contributed by atoms with van der Waals surface area (Å²) in [6.45, 7) is 1.73. The number of carbonyl (C=O) groups excluding carboxylic acids is 1. The van der Waals surface area contributed by atoms with E-state index in [1.54, 1.807) is 24.4 Å². The van der Waals surface area contributed by atoms with E-state index in [9.17, 15) is 19.7 Å². The van der Waals surface area contributed by atoms with Crippen molar-refractivity contribution in [2.24, 2.45) is 0 Å². The topological polar surface area (TPSA) is 104 Å². The molecule has 0 spiro atoms. The molecule has 0 saturated carbocycles. The second-order valence-electron chi connectivity index (χ2n) is 5.81. The van der Waals surface area contributed by atoms with Gasteiger partial charge in [-0.1, -0.05) is 12.1 Å². The molecule has 0 unspecified atom stereocenters. The minimum atomic E-state index is -0.646. The van der Waals surface area contributed by atoms with Gasteiger partial charge in [-0.3, -0.25) is 19.3 Å². The van der Waals surface area contributed by atoms with Gasteiger partial charge in [0.25, 0.3) is 11.2 Å². The van der Waals surface area contributed by atoms with Crippen LogP contribution in [0, 0.1) is 17.0 Å². The maximum Gasteiger partial charge on any atom is 0.331 e. The third-order valence-electron chi connectivity index (χ3n) is 3.73. The highest BCUT2D eigenvalue weighted by molar-refractivity contribution is 5.87. The van der Waals surface area contributed by atoms with Crippen LogP contribution in [0.25, 0.3) is 11.7 Å². The summed E-state index contributed by atoms with van der Waals surface area (Å²) in [5.41, 5.74) is 1.93. The van der Waals surface area contributed by atoms with Crippen LogP contribution in [0.15, 0.2) is 59.5 Å². The maximum absolute atomic E-state index is 12.1. The molecule has 3 rings (SSSR count). The van der Waals surface area contributed by atoms with Crippen LogP contribution in [0.3, 0.4) is 0 Å². The standard InChI is InChI=1S/C19H15N3O5/c1-13-7-8-21-17(9-13)20-15(11-18(21)23)12-27-19(24)6-5-14-3-2-4-16(10-14)22(25)26/h2-11H,12H2,1H3/b6-5+. The lowest BCUT2D eigenvalue weighted by Gasteiger charge is -2.05. The first-order valence-electron chi connectivity index (χ1n) is 8.00. The zero-order chi connectivity index (χ0) is 19.4. The second-order valence-corrected chi connectivity index (χ2v) is 5.81. The summed E-state index contributed by atoms with van der Waals surface area (Å²) in [6, 6.07) is 10.7. The van der Waals surface area contributed by atoms with E-state index in [0.29, 0.717) is 16.9 Å². The van der Waals surface area contributed by atoms with Crippen LogP contribution >= 0.6 is 0 Å². The number of aryl methyl sites for hydroxylation is 1. The van der Waals surface area contributed by atoms with Crippen LogP contribution in [-0.4, -0.2) is 20.3 Å². The van der Waals surface area contributed by atoms with E-state index < -0.39 is 10.9 Å². The summed E-state index contributed by atoms with van der Waals surface area (Å²) >= 11 is 0. The Labute approximate surface area is 153 Å². The number of ether oxygens (including phenoxy) is 1. The SMILES string of the molecule is Cc1ccn2c(=O)cc(COC(=O)/C=C/c3cccc([N+](=O)[O-])c3)nc2c1. The van der Waals surface area contributed by atoms with Gasteiger partial charge in [-0.2, -0.15) is 0 Å². The summed E-state index contributed by atoms with van der Waals surface area (Å²) < 4.78 is 6.49. The number of carbonyl (C=O) groups is 1. The lowest BCUT2D eigenvalue weighted by atomic mass is 10.2. The van der Waals surface area contributed by atoms with Crippen LogP contribution in [0.4, 0.5) is 5.69 Å². The average molecular weight is 365 g/mol. The number of rotatable bonds is 5. The number of hydrogen-bond donors (Lipinski definition) is 0. The average Bonchev–Trinajstić information content (AvgIpc) is 2.64. The van der Waals surface area contributed by atoms with Crippen molar-refractivity contribution in [3.05, 3.63) is 92.0 Å². The quantitative estimate of drug-likeness (QED) is 0.298. The number of non-ortho nitro benzene ring substituents is 1. The molecule has 0 saturated heterocycles. The molecule has 136 valence electrons. The predicted octanol–water partition coefficient (Wildman–Crippen LogP) is 2.67. The Balaban J connectivity index is 1.69. The molecule has 0 N–H and O–H groups in total. The normalized spacial score (nSPS) is 11.0. The first kappa shape index (κ1) is 18.0. The van der Waals surface area contributed by atoms with Gasteiger partial charge in [0.05, 0.1) is 10.6 Å². The van der Waals surface area contributed by atoms with Crippen molar-refractivity contribution in [3.63, 3.8) is 0 Å². The number of nitrogens with zero attached hydrogens (tertiary/aromatic N) is 3. The number of pyridine rings is 1. The van der Waals surface area contributed by atoms with E-state index in [-0.39, 0.29) is 17.9 Å². The zero-order valence-electron chi connectivity index (χ0n) is 14.4. The van der Waals surface area contributed by atoms with Gasteiger partial charge in [0, 0.05) is 30.5 Å². The van der Waals surface area contributed by atoms with Crippen molar-refractivity contribution >= 4 is 23.4 Å². The minimum absolute atomic E-state index is 0.0679. The van der Waals surface area contributed by atoms with E-state index in [2.05, 4.69) is 4.98 Å². The summed E-state index contributed by atoms with van der Waals surface area (Å²) in [5, 5.41) is 10.7. The molecular formula is C19H15N3O5. The van der Waals surface area contributed by atoms with E-state index in [4.69, 9.17) is 4.74 Å². The smallest absolute Gasteiger partial charge is 0.331 e. The minimum Gasteiger partial charge on any atom is -0.456 e. The summed E-state index contributed by atoms with van der Waals surface area (Å²) in [6.07, 6.45) is 4.22. The van der Waals surface area contributed by atoms with Gasteiger partial charge >= 0.3 is 5.97 Å². The van der Waals surface area contributed by atoms with Crippen molar-refractivity contribution in [1.29, 1.82) is 0 Å². The number of nitro benzene ring substituents is 1. The van der Waals surface area contributed by atoms with Crippen LogP contribution in [0.1, 0.15) is 16.8 Å².